The van der Waals surface area contributed by atoms with Gasteiger partial charge in [0.15, 0.2) is 65.6 Å². The molecule has 14 atom stereocenters. The smallest absolute Gasteiger partial charge is 0.326 e. The zero-order valence-corrected chi connectivity index (χ0v) is 84.2. The van der Waals surface area contributed by atoms with Gasteiger partial charge in [0.05, 0.1) is 6.42 Å². The van der Waals surface area contributed by atoms with Crippen molar-refractivity contribution in [1.29, 1.82) is 59.5 Å². The van der Waals surface area contributed by atoms with E-state index in [9.17, 15) is 43.5 Å². The molecule has 1 fully saturated rings. The maximum atomic E-state index is 15.3. The highest BCUT2D eigenvalue weighted by Gasteiger charge is 2.40. The second kappa shape index (κ2) is 73.9. The molecule has 0 radical (unpaired) electrons. The summed E-state index contributed by atoms with van der Waals surface area (Å²) in [5, 5.41) is 161. The molecular formula is C83H159N49O18. The number of hydrogen-bond donors (Lipinski definition) is 50. The average molecular weight is 2130 g/mol. The van der Waals surface area contributed by atoms with Crippen LogP contribution < -0.4 is 207 Å². The van der Waals surface area contributed by atoms with Gasteiger partial charge in [-0.1, -0.05) is 0 Å². The topological polar surface area (TPSA) is 1200 Å². The van der Waals surface area contributed by atoms with E-state index < -0.39 is 290 Å². The van der Waals surface area contributed by atoms with E-state index in [0.29, 0.717) is 0 Å². The molecule has 0 saturated carbocycles. The minimum absolute atomic E-state index is 0.00189. The van der Waals surface area contributed by atoms with Crippen molar-refractivity contribution in [2.24, 2.45) is 68.8 Å². The van der Waals surface area contributed by atoms with Gasteiger partial charge in [0, 0.05) is 91.9 Å². The van der Waals surface area contributed by atoms with Crippen LogP contribution in [0.5, 0.6) is 0 Å². The summed E-state index contributed by atoms with van der Waals surface area (Å²) in [7, 11) is 0. The molecule has 1 heterocycles. The summed E-state index contributed by atoms with van der Waals surface area (Å²) in [6, 6.07) is -23.8. The van der Waals surface area contributed by atoms with E-state index in [0.717, 1.165) is 6.92 Å². The molecule has 1 aliphatic rings. The summed E-state index contributed by atoms with van der Waals surface area (Å²) in [6.45, 7) is 0.0304. The van der Waals surface area contributed by atoms with Gasteiger partial charge < -0.3 is 212 Å². The van der Waals surface area contributed by atoms with Crippen LogP contribution >= 0.6 is 0 Å². The van der Waals surface area contributed by atoms with Crippen LogP contribution in [0.4, 0.5) is 0 Å². The van der Waals surface area contributed by atoms with Crippen molar-refractivity contribution in [3.05, 3.63) is 0 Å². The minimum Gasteiger partial charge on any atom is -0.480 e. The van der Waals surface area contributed by atoms with Gasteiger partial charge in [-0.15, -0.1) is 0 Å². The molecule has 0 spiro atoms. The van der Waals surface area contributed by atoms with Crippen LogP contribution in [-0.2, 0) is 81.5 Å². The summed E-state index contributed by atoms with van der Waals surface area (Å²) in [4.78, 5) is 246. The second-order valence-corrected chi connectivity index (χ2v) is 34.8. The third-order valence-electron chi connectivity index (χ3n) is 22.1. The molecule has 0 aromatic carbocycles. The van der Waals surface area contributed by atoms with E-state index in [1.54, 1.807) is 0 Å². The Morgan fingerprint density at radius 3 is 0.800 bits per heavy atom. The molecule has 1 aliphatic heterocycles. The van der Waals surface area contributed by atoms with Crippen LogP contribution in [0.25, 0.3) is 0 Å². The first-order chi connectivity index (χ1) is 70.8. The van der Waals surface area contributed by atoms with E-state index in [4.69, 9.17) is 128 Å². The Morgan fingerprint density at radius 1 is 0.300 bits per heavy atom. The van der Waals surface area contributed by atoms with Crippen molar-refractivity contribution in [2.45, 2.75) is 271 Å². The quantitative estimate of drug-likeness (QED) is 0.0153. The van der Waals surface area contributed by atoms with E-state index in [2.05, 4.69) is 138 Å². The number of rotatable bonds is 67. The lowest BCUT2D eigenvalue weighted by Gasteiger charge is -2.29. The highest BCUT2D eigenvalue weighted by molar-refractivity contribution is 6.02. The number of hydrogen-bond acceptors (Lipinski definition) is 28. The van der Waals surface area contributed by atoms with E-state index in [-0.39, 0.29) is 219 Å². The molecule has 1 saturated heterocycles. The third kappa shape index (κ3) is 61.9. The number of nitrogens with two attached hydrogens (primary N) is 12. The first-order valence-electron chi connectivity index (χ1n) is 48.7. The fourth-order valence-electron chi connectivity index (χ4n) is 14.5. The molecule has 62 N–H and O–H groups in total. The Balaban J connectivity index is 4.54. The van der Waals surface area contributed by atoms with Gasteiger partial charge in [0.2, 0.25) is 94.5 Å². The highest BCUT2D eigenvalue weighted by Crippen LogP contribution is 2.16. The maximum Gasteiger partial charge on any atom is 0.326 e. The molecule has 0 unspecified atom stereocenters. The lowest BCUT2D eigenvalue weighted by atomic mass is 10.0. The fourth-order valence-corrected chi connectivity index (χ4v) is 14.5. The first kappa shape index (κ1) is 131. The summed E-state index contributed by atoms with van der Waals surface area (Å²) >= 11 is 0. The Hall–Kier alpha value is -17.0. The standard InChI is InChI=1S/C83H159N49O18/c1-42(133)119-43(16-4-30-108-73(85)86)59(136)121-45(17-5-31-109-74(87)88)62(139)123-47(19-7-33-111-76(91)92)64(141)124-48(20-8-34-112-77(93)94)63(140)122-46(18-6-32-110-75(89)90)61(138)120-44-15-2-3-29-107-58(135)41-56(132-69(146)53(25-13-39-117-82(103)104)127-66(143)50(22-10-36-114-79(97)98)128-70(147)54(130-60(44)137)27-28-57(84)134)71(148)129-51(23-11-37-115-80(99)100)67(144)125-49(21-9-35-113-78(95)96)65(142)126-52(24-12-38-116-81(101)102)68(145)131-55(72(149)150)26-14-40-118-83(105)106/h43-56H,2-41H2,1H3,(H2,84,134)(H,107,135)(H,119,133)(H,120,138)(H,121,136)(H,122,140)(H,123,139)(H,124,141)(H,125,144)(H,126,142)(H,127,143)(H,128,147)(H,129,148)(H,130,137)(H,131,145)(H,132,146)(H,149,150)(H4,85,86,108)(H4,87,88,109)(H4,89,90,110)(H4,91,92,111)(H4,93,94,112)(H4,95,96,113)(H4,97,98,114)(H4,99,100,115)(H4,101,102,116)(H4,103,104,117)(H4,105,106,118)/t43-,44-,45-,46-,47-,48-,49-,50-,51-,52-,53-,54-,55-,56-/m0/s1. The molecule has 0 bridgehead atoms. The van der Waals surface area contributed by atoms with Crippen LogP contribution in [0.3, 0.4) is 0 Å². The molecule has 150 heavy (non-hydrogen) atoms. The number of nitrogens with one attached hydrogen (secondary N) is 37. The SMILES string of the molecule is CC(=O)N[C@@H](CCCNC(=N)N)C(=O)N[C@@H](CCCNC(=N)N)C(=O)N[C@@H](CCCNC(=N)N)C(=O)N[C@@H](CCCNC(=N)N)C(=O)N[C@@H](CCCNC(=N)N)C(=O)N[C@H]1CCCCNC(=O)C[C@@H](C(=O)N[C@@H](CCCNC(=N)N)C(=O)N[C@@H](CCCNC(=N)N)C(=O)N[C@@H](CCCNC(=N)N)C(=O)N[C@@H](CCCNC(=N)N)C(=O)O)NC(=O)[C@H](CCCNC(=N)N)NC(=O)[C@H](CCCNC(=N)N)NC(=O)[C@H](CCC(N)=O)NC1=O. The Bertz CT molecular complexity index is 4570. The van der Waals surface area contributed by atoms with Gasteiger partial charge >= 0.3 is 5.97 Å². The van der Waals surface area contributed by atoms with Crippen molar-refractivity contribution >= 4 is 166 Å². The molecule has 16 amide bonds. The molecule has 844 valence electrons. The lowest BCUT2D eigenvalue weighted by Crippen LogP contribution is -2.61. The van der Waals surface area contributed by atoms with Crippen LogP contribution in [0.15, 0.2) is 0 Å². The molecular weight excluding hydrogens is 1970 g/mol. The van der Waals surface area contributed by atoms with E-state index in [1.165, 1.54) is 0 Å². The molecule has 67 heteroatoms. The van der Waals surface area contributed by atoms with Gasteiger partial charge in [-0.2, -0.15) is 0 Å². The number of primary amides is 1. The molecule has 1 rings (SSSR count). The summed E-state index contributed by atoms with van der Waals surface area (Å²) in [5.41, 5.74) is 66.6. The van der Waals surface area contributed by atoms with Gasteiger partial charge in [-0.05, 0) is 167 Å². The van der Waals surface area contributed by atoms with Gasteiger partial charge in [-0.3, -0.25) is 136 Å². The minimum atomic E-state index is -2.07. The number of carboxylic acid groups (broad SMARTS) is 1. The molecule has 0 aromatic rings. The van der Waals surface area contributed by atoms with Crippen molar-refractivity contribution in [1.82, 2.24) is 138 Å². The zero-order chi connectivity index (χ0) is 113. The predicted octanol–water partition coefficient (Wildman–Crippen LogP) is -16.3. The van der Waals surface area contributed by atoms with Gasteiger partial charge in [-0.25, -0.2) is 4.79 Å². The average Bonchev–Trinajstić information content (AvgIpc) is 0.849. The number of guanidine groups is 11. The second-order valence-electron chi connectivity index (χ2n) is 34.8. The van der Waals surface area contributed by atoms with Crippen molar-refractivity contribution in [3.8, 4) is 0 Å². The molecule has 0 aromatic heterocycles. The number of aliphatic carboxylic acids is 1. The first-order valence-corrected chi connectivity index (χ1v) is 48.7. The van der Waals surface area contributed by atoms with Crippen molar-refractivity contribution in [2.75, 3.05) is 78.5 Å². The third-order valence-corrected chi connectivity index (χ3v) is 22.1. The van der Waals surface area contributed by atoms with Crippen molar-refractivity contribution in [3.63, 3.8) is 0 Å². The largest absolute Gasteiger partial charge is 0.480 e. The number of carbonyl (C=O) groups is 17. The highest BCUT2D eigenvalue weighted by atomic mass is 16.4. The summed E-state index contributed by atoms with van der Waals surface area (Å²) < 4.78 is 0. The van der Waals surface area contributed by atoms with E-state index >= 15 is 43.2 Å². The molecule has 0 aliphatic carbocycles. The predicted molar refractivity (Wildman–Crippen MR) is 551 cm³/mol. The van der Waals surface area contributed by atoms with Crippen molar-refractivity contribution < 1.29 is 86.6 Å². The Morgan fingerprint density at radius 2 is 0.533 bits per heavy atom. The summed E-state index contributed by atoms with van der Waals surface area (Å²) in [5.74, 6) is -23.8. The summed E-state index contributed by atoms with van der Waals surface area (Å²) in [6.07, 6.45) is -6.51. The van der Waals surface area contributed by atoms with E-state index in [1.807, 2.05) is 0 Å². The molecule has 67 nitrogen and oxygen atoms in total. The lowest BCUT2D eigenvalue weighted by molar-refractivity contribution is -0.142. The van der Waals surface area contributed by atoms with Crippen LogP contribution in [0.1, 0.15) is 187 Å². The number of amides is 16. The Kier molecular flexibility index (Phi) is 64.6. The van der Waals surface area contributed by atoms with Gasteiger partial charge in [0.25, 0.3) is 0 Å². The number of carbonyl (C=O) groups excluding carboxylic acids is 16. The normalized spacial score (nSPS) is 16.6. The van der Waals surface area contributed by atoms with Gasteiger partial charge in [0.1, 0.15) is 84.6 Å². The number of carboxylic acids is 1. The van der Waals surface area contributed by atoms with Crippen LogP contribution in [0, 0.1) is 59.5 Å². The zero-order valence-electron chi connectivity index (χ0n) is 84.2. The fraction of sp³-hybridized carbons (Fsp3) is 0.663. The van der Waals surface area contributed by atoms with Crippen LogP contribution in [0.2, 0.25) is 0 Å². The monoisotopic (exact) mass is 2130 g/mol. The van der Waals surface area contributed by atoms with Crippen LogP contribution in [-0.4, -0.2) is 334 Å². The maximum absolute atomic E-state index is 15.3. The Labute approximate surface area is 865 Å².